The van der Waals surface area contributed by atoms with E-state index in [0.29, 0.717) is 19.3 Å². The van der Waals surface area contributed by atoms with Gasteiger partial charge in [-0.2, -0.15) is 0 Å². The molecule has 1 atom stereocenters. The van der Waals surface area contributed by atoms with Gasteiger partial charge in [-0.15, -0.1) is 0 Å². The normalized spacial score (nSPS) is 12.7. The van der Waals surface area contributed by atoms with Gasteiger partial charge in [0.15, 0.2) is 6.10 Å². The zero-order valence-corrected chi connectivity index (χ0v) is 54.2. The molecule has 0 aromatic carbocycles. The van der Waals surface area contributed by atoms with E-state index in [1.165, 1.54) is 186 Å². The Bertz CT molecular complexity index is 1590. The SMILES string of the molecule is CC/C=C\C/C=C\C/C=C\C/C=C\C/C=C\C/C=C\C/C=C\C/C=C\CCCCCCCCC(=O)OCC(COC(=O)CCCCCCCCCCCCCCCCC)OC(=O)CCCCCCCCCCCCCCCCCCCC. The van der Waals surface area contributed by atoms with Crippen LogP contribution in [0.2, 0.25) is 0 Å². The molecule has 0 saturated carbocycles. The first-order valence-corrected chi connectivity index (χ1v) is 35.2. The first-order valence-electron chi connectivity index (χ1n) is 35.2. The Labute approximate surface area is 508 Å². The number of carbonyl (C=O) groups is 3. The second-order valence-electron chi connectivity index (χ2n) is 23.4. The van der Waals surface area contributed by atoms with Crippen molar-refractivity contribution in [3.05, 3.63) is 97.2 Å². The van der Waals surface area contributed by atoms with Crippen LogP contribution in [0.4, 0.5) is 0 Å². The van der Waals surface area contributed by atoms with Crippen LogP contribution < -0.4 is 0 Å². The van der Waals surface area contributed by atoms with Crippen LogP contribution in [0.15, 0.2) is 97.2 Å². The molecule has 0 saturated heterocycles. The predicted octanol–water partition coefficient (Wildman–Crippen LogP) is 24.4. The number of rotatable bonds is 64. The number of allylic oxidation sites excluding steroid dienone is 16. The molecule has 0 N–H and O–H groups in total. The van der Waals surface area contributed by atoms with Crippen molar-refractivity contribution in [1.29, 1.82) is 0 Å². The van der Waals surface area contributed by atoms with Crippen molar-refractivity contribution in [3.63, 3.8) is 0 Å². The zero-order chi connectivity index (χ0) is 59.2. The van der Waals surface area contributed by atoms with Gasteiger partial charge in [0.25, 0.3) is 0 Å². The quantitative estimate of drug-likeness (QED) is 0.0261. The lowest BCUT2D eigenvalue weighted by molar-refractivity contribution is -0.167. The van der Waals surface area contributed by atoms with Gasteiger partial charge in [0.1, 0.15) is 13.2 Å². The van der Waals surface area contributed by atoms with Crippen molar-refractivity contribution >= 4 is 17.9 Å². The maximum absolute atomic E-state index is 12.9. The smallest absolute Gasteiger partial charge is 0.306 e. The van der Waals surface area contributed by atoms with Crippen molar-refractivity contribution in [2.75, 3.05) is 13.2 Å². The van der Waals surface area contributed by atoms with Gasteiger partial charge in [-0.3, -0.25) is 14.4 Å². The summed E-state index contributed by atoms with van der Waals surface area (Å²) < 4.78 is 17.0. The number of esters is 3. The van der Waals surface area contributed by atoms with Gasteiger partial charge in [0, 0.05) is 19.3 Å². The van der Waals surface area contributed by atoms with Gasteiger partial charge in [-0.1, -0.05) is 343 Å². The van der Waals surface area contributed by atoms with Crippen molar-refractivity contribution in [1.82, 2.24) is 0 Å². The highest BCUT2D eigenvalue weighted by Crippen LogP contribution is 2.18. The van der Waals surface area contributed by atoms with Crippen LogP contribution in [-0.2, 0) is 28.6 Å². The van der Waals surface area contributed by atoms with E-state index in [1.54, 1.807) is 0 Å². The van der Waals surface area contributed by atoms with Gasteiger partial charge < -0.3 is 14.2 Å². The third-order valence-corrected chi connectivity index (χ3v) is 15.4. The highest BCUT2D eigenvalue weighted by Gasteiger charge is 2.19. The lowest BCUT2D eigenvalue weighted by Crippen LogP contribution is -2.30. The number of ether oxygens (including phenoxy) is 3. The Balaban J connectivity index is 4.32. The summed E-state index contributed by atoms with van der Waals surface area (Å²) in [5, 5.41) is 0. The minimum absolute atomic E-state index is 0.0767. The van der Waals surface area contributed by atoms with E-state index in [4.69, 9.17) is 14.2 Å². The third-order valence-electron chi connectivity index (χ3n) is 15.4. The van der Waals surface area contributed by atoms with Gasteiger partial charge in [0.2, 0.25) is 0 Å². The van der Waals surface area contributed by atoms with Crippen molar-refractivity contribution in [2.24, 2.45) is 0 Å². The topological polar surface area (TPSA) is 78.9 Å². The van der Waals surface area contributed by atoms with Crippen LogP contribution in [0.5, 0.6) is 0 Å². The Morgan fingerprint density at radius 1 is 0.256 bits per heavy atom. The lowest BCUT2D eigenvalue weighted by atomic mass is 10.0. The Morgan fingerprint density at radius 2 is 0.476 bits per heavy atom. The molecular weight excluding hydrogens is 1010 g/mol. The third kappa shape index (κ3) is 67.1. The standard InChI is InChI=1S/C76H132O6/c1-4-7-10-13-16-19-22-25-28-30-32-33-34-35-36-37-38-39-40-41-42-43-44-46-48-51-54-57-60-63-66-69-75(78)81-72-73(71-80-74(77)68-65-62-59-56-53-50-47-27-24-21-18-15-12-9-6-3)82-76(79)70-67-64-61-58-55-52-49-45-31-29-26-23-20-17-14-11-8-5-2/h7,10,16,19,25,28,32-33,35-36,38-39,41-42,44,46,73H,4-6,8-9,11-15,17-18,20-24,26-27,29-31,34,37,40,43,45,47-72H2,1-3H3/b10-7-,19-16-,28-25-,33-32-,36-35-,39-38-,42-41-,46-44-. The van der Waals surface area contributed by atoms with Crippen molar-refractivity contribution < 1.29 is 28.6 Å². The van der Waals surface area contributed by atoms with E-state index < -0.39 is 6.10 Å². The maximum atomic E-state index is 12.9. The van der Waals surface area contributed by atoms with Gasteiger partial charge in [0.05, 0.1) is 0 Å². The molecule has 0 heterocycles. The van der Waals surface area contributed by atoms with E-state index in [0.717, 1.165) is 122 Å². The summed E-state index contributed by atoms with van der Waals surface area (Å²) in [6, 6.07) is 0. The molecule has 0 rings (SSSR count). The molecule has 6 heteroatoms. The lowest BCUT2D eigenvalue weighted by Gasteiger charge is -2.18. The largest absolute Gasteiger partial charge is 0.462 e. The molecule has 0 spiro atoms. The molecule has 1 unspecified atom stereocenters. The molecule has 0 bridgehead atoms. The average Bonchev–Trinajstić information content (AvgIpc) is 3.47. The first kappa shape index (κ1) is 78.3. The fraction of sp³-hybridized carbons (Fsp3) is 0.750. The van der Waals surface area contributed by atoms with Gasteiger partial charge >= 0.3 is 17.9 Å². The molecular formula is C76H132O6. The van der Waals surface area contributed by atoms with Crippen LogP contribution in [0.3, 0.4) is 0 Å². The Kier molecular flexibility index (Phi) is 66.7. The summed E-state index contributed by atoms with van der Waals surface area (Å²) in [4.78, 5) is 38.4. The number of unbranched alkanes of at least 4 members (excludes halogenated alkanes) is 37. The van der Waals surface area contributed by atoms with E-state index in [1.807, 2.05) is 0 Å². The van der Waals surface area contributed by atoms with E-state index in [9.17, 15) is 14.4 Å². The molecule has 0 fully saturated rings. The number of hydrogen-bond acceptors (Lipinski definition) is 6. The minimum atomic E-state index is -0.782. The predicted molar refractivity (Wildman–Crippen MR) is 357 cm³/mol. The fourth-order valence-corrected chi connectivity index (χ4v) is 10.1. The molecule has 0 aliphatic heterocycles. The zero-order valence-electron chi connectivity index (χ0n) is 54.2. The summed E-state index contributed by atoms with van der Waals surface area (Å²) in [6.07, 6.45) is 94.2. The summed E-state index contributed by atoms with van der Waals surface area (Å²) in [5.41, 5.74) is 0. The van der Waals surface area contributed by atoms with Crippen molar-refractivity contribution in [3.8, 4) is 0 Å². The summed E-state index contributed by atoms with van der Waals surface area (Å²) in [6.45, 7) is 6.57. The molecule has 0 aromatic heterocycles. The molecule has 472 valence electrons. The van der Waals surface area contributed by atoms with Crippen molar-refractivity contribution in [2.45, 2.75) is 354 Å². The first-order chi connectivity index (χ1) is 40.5. The monoisotopic (exact) mass is 1140 g/mol. The molecule has 82 heavy (non-hydrogen) atoms. The maximum Gasteiger partial charge on any atom is 0.306 e. The van der Waals surface area contributed by atoms with Crippen LogP contribution >= 0.6 is 0 Å². The van der Waals surface area contributed by atoms with E-state index in [-0.39, 0.29) is 31.1 Å². The number of carbonyl (C=O) groups excluding carboxylic acids is 3. The van der Waals surface area contributed by atoms with E-state index in [2.05, 4.69) is 118 Å². The van der Waals surface area contributed by atoms with Crippen LogP contribution in [0.1, 0.15) is 348 Å². The number of hydrogen-bond donors (Lipinski definition) is 0. The second kappa shape index (κ2) is 69.8. The minimum Gasteiger partial charge on any atom is -0.462 e. The molecule has 0 aliphatic rings. The van der Waals surface area contributed by atoms with E-state index >= 15 is 0 Å². The summed E-state index contributed by atoms with van der Waals surface area (Å²) in [7, 11) is 0. The molecule has 6 nitrogen and oxygen atoms in total. The summed E-state index contributed by atoms with van der Waals surface area (Å²) in [5.74, 6) is -0.872. The summed E-state index contributed by atoms with van der Waals surface area (Å²) >= 11 is 0. The molecule has 0 aromatic rings. The highest BCUT2D eigenvalue weighted by atomic mass is 16.6. The van der Waals surface area contributed by atoms with Crippen LogP contribution in [0, 0.1) is 0 Å². The molecule has 0 amide bonds. The second-order valence-corrected chi connectivity index (χ2v) is 23.4. The average molecular weight is 1140 g/mol. The van der Waals surface area contributed by atoms with Crippen LogP contribution in [-0.4, -0.2) is 37.2 Å². The van der Waals surface area contributed by atoms with Crippen LogP contribution in [0.25, 0.3) is 0 Å². The Hall–Kier alpha value is -3.67. The van der Waals surface area contributed by atoms with Gasteiger partial charge in [-0.05, 0) is 83.5 Å². The van der Waals surface area contributed by atoms with Gasteiger partial charge in [-0.25, -0.2) is 0 Å². The molecule has 0 aliphatic carbocycles. The molecule has 0 radical (unpaired) electrons. The fourth-order valence-electron chi connectivity index (χ4n) is 10.1. The Morgan fingerprint density at radius 3 is 0.744 bits per heavy atom. The highest BCUT2D eigenvalue weighted by molar-refractivity contribution is 5.71.